The van der Waals surface area contributed by atoms with E-state index in [0.717, 1.165) is 22.2 Å². The van der Waals surface area contributed by atoms with Crippen molar-refractivity contribution in [2.45, 2.75) is 13.3 Å². The quantitative estimate of drug-likeness (QED) is 0.830. The Balaban J connectivity index is 2.81. The molecule has 0 aromatic carbocycles. The average molecular weight is 240 g/mol. The van der Waals surface area contributed by atoms with Crippen LogP contribution in [0.4, 0.5) is 5.82 Å². The number of nitrogen functional groups attached to an aromatic ring is 1. The van der Waals surface area contributed by atoms with Crippen molar-refractivity contribution in [3.63, 3.8) is 0 Å². The fourth-order valence-corrected chi connectivity index (χ4v) is 1.73. The van der Waals surface area contributed by atoms with Crippen LogP contribution in [0, 0.1) is 0 Å². The highest BCUT2D eigenvalue weighted by molar-refractivity contribution is 9.10. The minimum Gasteiger partial charge on any atom is -0.382 e. The maximum Gasteiger partial charge on any atom is 0.149 e. The van der Waals surface area contributed by atoms with E-state index in [1.165, 1.54) is 0 Å². The topological polar surface area (TPSA) is 43.3 Å². The van der Waals surface area contributed by atoms with Crippen LogP contribution >= 0.6 is 15.9 Å². The molecule has 0 bridgehead atoms. The molecular formula is C9H10BrN3. The second-order valence-corrected chi connectivity index (χ2v) is 3.79. The Labute approximate surface area is 84.7 Å². The largest absolute Gasteiger partial charge is 0.382 e. The molecule has 0 radical (unpaired) electrons. The molecule has 0 fully saturated rings. The minimum absolute atomic E-state index is 0.601. The molecule has 0 atom stereocenters. The van der Waals surface area contributed by atoms with Gasteiger partial charge in [0.1, 0.15) is 11.6 Å². The Morgan fingerprint density at radius 2 is 2.31 bits per heavy atom. The second kappa shape index (κ2) is 3.03. The highest BCUT2D eigenvalue weighted by atomic mass is 79.9. The van der Waals surface area contributed by atoms with E-state index in [4.69, 9.17) is 5.73 Å². The maximum absolute atomic E-state index is 5.76. The van der Waals surface area contributed by atoms with Crippen LogP contribution in [0.1, 0.15) is 12.7 Å². The molecule has 0 spiro atoms. The smallest absolute Gasteiger partial charge is 0.149 e. The molecule has 2 aromatic rings. The molecule has 0 saturated carbocycles. The van der Waals surface area contributed by atoms with Gasteiger partial charge >= 0.3 is 0 Å². The Morgan fingerprint density at radius 1 is 1.54 bits per heavy atom. The molecule has 68 valence electrons. The van der Waals surface area contributed by atoms with Gasteiger partial charge < -0.3 is 10.1 Å². The molecule has 0 aliphatic rings. The monoisotopic (exact) mass is 239 g/mol. The van der Waals surface area contributed by atoms with Gasteiger partial charge in [-0.05, 0) is 28.1 Å². The van der Waals surface area contributed by atoms with Crippen LogP contribution in [0.3, 0.4) is 0 Å². The number of pyridine rings is 1. The Kier molecular flexibility index (Phi) is 2.00. The number of hydrogen-bond donors (Lipinski definition) is 1. The highest BCUT2D eigenvalue weighted by Gasteiger charge is 2.05. The van der Waals surface area contributed by atoms with Crippen molar-refractivity contribution in [2.75, 3.05) is 5.73 Å². The van der Waals surface area contributed by atoms with Crippen LogP contribution in [0.15, 0.2) is 22.8 Å². The second-order valence-electron chi connectivity index (χ2n) is 2.87. The van der Waals surface area contributed by atoms with Gasteiger partial charge in [0.25, 0.3) is 0 Å². The molecule has 2 aromatic heterocycles. The summed E-state index contributed by atoms with van der Waals surface area (Å²) in [5, 5.41) is 0. The fourth-order valence-electron chi connectivity index (χ4n) is 1.40. The first-order chi connectivity index (χ1) is 6.22. The molecule has 4 heteroatoms. The molecule has 3 nitrogen and oxygen atoms in total. The lowest BCUT2D eigenvalue weighted by Gasteiger charge is -1.97. The maximum atomic E-state index is 5.76. The number of aromatic nitrogens is 2. The summed E-state index contributed by atoms with van der Waals surface area (Å²) in [4.78, 5) is 4.27. The third-order valence-corrected chi connectivity index (χ3v) is 2.49. The van der Waals surface area contributed by atoms with Crippen LogP contribution in [-0.4, -0.2) is 9.38 Å². The van der Waals surface area contributed by atoms with Crippen LogP contribution in [-0.2, 0) is 6.42 Å². The van der Waals surface area contributed by atoms with Crippen LogP contribution in [0.2, 0.25) is 0 Å². The lowest BCUT2D eigenvalue weighted by Crippen LogP contribution is -1.91. The molecule has 0 saturated heterocycles. The zero-order valence-electron chi connectivity index (χ0n) is 7.29. The third kappa shape index (κ3) is 1.31. The Hall–Kier alpha value is -1.03. The molecule has 0 aliphatic heterocycles. The van der Waals surface area contributed by atoms with E-state index in [9.17, 15) is 0 Å². The summed E-state index contributed by atoms with van der Waals surface area (Å²) >= 11 is 3.42. The van der Waals surface area contributed by atoms with E-state index in [1.54, 1.807) is 0 Å². The van der Waals surface area contributed by atoms with E-state index in [-0.39, 0.29) is 0 Å². The van der Waals surface area contributed by atoms with Crippen LogP contribution in [0.25, 0.3) is 5.52 Å². The lowest BCUT2D eigenvalue weighted by atomic mass is 10.4. The first-order valence-corrected chi connectivity index (χ1v) is 4.93. The van der Waals surface area contributed by atoms with Gasteiger partial charge in [0.05, 0.1) is 5.52 Å². The molecule has 13 heavy (non-hydrogen) atoms. The number of nitrogens with two attached hydrogens (primary N) is 1. The zero-order chi connectivity index (χ0) is 9.42. The SMILES string of the molecule is CCc1nc(N)c2ccc(Br)cn12. The molecule has 0 unspecified atom stereocenters. The van der Waals surface area contributed by atoms with Crippen molar-refractivity contribution in [1.29, 1.82) is 0 Å². The summed E-state index contributed by atoms with van der Waals surface area (Å²) in [6, 6.07) is 3.93. The number of anilines is 1. The molecule has 2 rings (SSSR count). The zero-order valence-corrected chi connectivity index (χ0v) is 8.87. The summed E-state index contributed by atoms with van der Waals surface area (Å²) in [7, 11) is 0. The predicted molar refractivity (Wildman–Crippen MR) is 56.7 cm³/mol. The van der Waals surface area contributed by atoms with Gasteiger partial charge in [-0.2, -0.15) is 0 Å². The van der Waals surface area contributed by atoms with Crippen LogP contribution < -0.4 is 5.73 Å². The van der Waals surface area contributed by atoms with Gasteiger partial charge in [-0.25, -0.2) is 4.98 Å². The average Bonchev–Trinajstić information content (AvgIpc) is 2.42. The van der Waals surface area contributed by atoms with Crippen molar-refractivity contribution >= 4 is 27.3 Å². The van der Waals surface area contributed by atoms with E-state index in [0.29, 0.717) is 5.82 Å². The van der Waals surface area contributed by atoms with Gasteiger partial charge in [-0.3, -0.25) is 0 Å². The summed E-state index contributed by atoms with van der Waals surface area (Å²) in [6.07, 6.45) is 2.87. The van der Waals surface area contributed by atoms with Crippen molar-refractivity contribution in [2.24, 2.45) is 0 Å². The first kappa shape index (κ1) is 8.56. The van der Waals surface area contributed by atoms with Gasteiger partial charge in [0.15, 0.2) is 0 Å². The Bertz CT molecular complexity index is 447. The first-order valence-electron chi connectivity index (χ1n) is 4.14. The molecule has 0 aliphatic carbocycles. The highest BCUT2D eigenvalue weighted by Crippen LogP contribution is 2.19. The molecule has 0 amide bonds. The summed E-state index contributed by atoms with van der Waals surface area (Å²) in [5.74, 6) is 1.60. The predicted octanol–water partition coefficient (Wildman–Crippen LogP) is 2.24. The number of fused-ring (bicyclic) bond motifs is 1. The van der Waals surface area contributed by atoms with Gasteiger partial charge in [-0.1, -0.05) is 6.92 Å². The fraction of sp³-hybridized carbons (Fsp3) is 0.222. The van der Waals surface area contributed by atoms with Crippen molar-refractivity contribution < 1.29 is 0 Å². The van der Waals surface area contributed by atoms with E-state index in [2.05, 4.69) is 27.8 Å². The van der Waals surface area contributed by atoms with Crippen molar-refractivity contribution in [3.05, 3.63) is 28.6 Å². The number of imidazole rings is 1. The Morgan fingerprint density at radius 3 is 3.00 bits per heavy atom. The van der Waals surface area contributed by atoms with E-state index in [1.807, 2.05) is 22.7 Å². The molecular weight excluding hydrogens is 230 g/mol. The molecule has 2 heterocycles. The van der Waals surface area contributed by atoms with E-state index < -0.39 is 0 Å². The van der Waals surface area contributed by atoms with Gasteiger partial charge in [0, 0.05) is 17.1 Å². The lowest BCUT2D eigenvalue weighted by molar-refractivity contribution is 0.932. The summed E-state index contributed by atoms with van der Waals surface area (Å²) in [5.41, 5.74) is 6.73. The van der Waals surface area contributed by atoms with Crippen molar-refractivity contribution in [1.82, 2.24) is 9.38 Å². The van der Waals surface area contributed by atoms with Crippen molar-refractivity contribution in [3.8, 4) is 0 Å². The number of hydrogen-bond acceptors (Lipinski definition) is 2. The number of rotatable bonds is 1. The van der Waals surface area contributed by atoms with Gasteiger partial charge in [-0.15, -0.1) is 0 Å². The van der Waals surface area contributed by atoms with E-state index >= 15 is 0 Å². The third-order valence-electron chi connectivity index (χ3n) is 2.02. The minimum atomic E-state index is 0.601. The number of aryl methyl sites for hydroxylation is 1. The molecule has 2 N–H and O–H groups in total. The van der Waals surface area contributed by atoms with Crippen LogP contribution in [0.5, 0.6) is 0 Å². The summed E-state index contributed by atoms with van der Waals surface area (Å²) < 4.78 is 3.05. The normalized spacial score (nSPS) is 10.9. The standard InChI is InChI=1S/C9H10BrN3/c1-2-8-12-9(11)7-4-3-6(10)5-13(7)8/h3-5H,2,11H2,1H3. The van der Waals surface area contributed by atoms with Gasteiger partial charge in [0.2, 0.25) is 0 Å². The summed E-state index contributed by atoms with van der Waals surface area (Å²) in [6.45, 7) is 2.06. The number of halogens is 1. The number of nitrogens with zero attached hydrogens (tertiary/aromatic N) is 2.